The van der Waals surface area contributed by atoms with Gasteiger partial charge in [0.1, 0.15) is 0 Å². The van der Waals surface area contributed by atoms with E-state index in [1.54, 1.807) is 17.4 Å². The number of carbonyl (C=O) groups is 1. The Kier molecular flexibility index (Phi) is 6.52. The van der Waals surface area contributed by atoms with Gasteiger partial charge in [-0.3, -0.25) is 9.69 Å². The third-order valence-corrected chi connectivity index (χ3v) is 4.13. The van der Waals surface area contributed by atoms with Crippen molar-refractivity contribution in [3.05, 3.63) is 54.1 Å². The average Bonchev–Trinajstić information content (AvgIpc) is 2.97. The van der Waals surface area contributed by atoms with Crippen LogP contribution in [0, 0.1) is 0 Å². The van der Waals surface area contributed by atoms with Crippen LogP contribution in [0.15, 0.2) is 42.9 Å². The van der Waals surface area contributed by atoms with Crippen LogP contribution in [0.4, 0.5) is 0 Å². The molecule has 0 spiro atoms. The van der Waals surface area contributed by atoms with Crippen LogP contribution in [0.3, 0.4) is 0 Å². The molecule has 0 unspecified atom stereocenters. The van der Waals surface area contributed by atoms with Gasteiger partial charge in [0, 0.05) is 19.8 Å². The first-order valence-corrected chi connectivity index (χ1v) is 8.08. The highest BCUT2D eigenvalue weighted by molar-refractivity contribution is 5.82. The first-order valence-electron chi connectivity index (χ1n) is 8.08. The lowest BCUT2D eigenvalue weighted by atomic mass is 10.0. The molecule has 130 valence electrons. The van der Waals surface area contributed by atoms with E-state index in [0.717, 1.165) is 11.3 Å². The highest BCUT2D eigenvalue weighted by Gasteiger charge is 2.26. The Morgan fingerprint density at radius 1 is 1.29 bits per heavy atom. The molecule has 6 heteroatoms. The predicted octanol–water partition coefficient (Wildman–Crippen LogP) is 0.914. The topological polar surface area (TPSA) is 61.6 Å². The molecule has 0 aliphatic carbocycles. The van der Waals surface area contributed by atoms with Gasteiger partial charge in [-0.15, -0.1) is 0 Å². The van der Waals surface area contributed by atoms with E-state index >= 15 is 0 Å². The van der Waals surface area contributed by atoms with Crippen LogP contribution in [0.2, 0.25) is 0 Å². The fourth-order valence-electron chi connectivity index (χ4n) is 2.66. The van der Waals surface area contributed by atoms with Crippen molar-refractivity contribution in [3.8, 4) is 0 Å². The maximum absolute atomic E-state index is 13.1. The zero-order valence-corrected chi connectivity index (χ0v) is 14.6. The number of aryl methyl sites for hydroxylation is 1. The van der Waals surface area contributed by atoms with Gasteiger partial charge < -0.3 is 14.6 Å². The van der Waals surface area contributed by atoms with Crippen molar-refractivity contribution in [2.24, 2.45) is 7.05 Å². The Morgan fingerprint density at radius 3 is 2.54 bits per heavy atom. The summed E-state index contributed by atoms with van der Waals surface area (Å²) in [6, 6.07) is 9.72. The molecule has 0 aliphatic heterocycles. The fraction of sp³-hybridized carbons (Fsp3) is 0.444. The Bertz CT molecular complexity index is 639. The summed E-state index contributed by atoms with van der Waals surface area (Å²) in [7, 11) is 5.72. The number of aliphatic hydroxyl groups is 1. The number of hydrogen-bond acceptors (Lipinski definition) is 4. The number of likely N-dealkylation sites (N-methyl/N-ethyl adjacent to an activating group) is 1. The molecule has 6 nitrogen and oxygen atoms in total. The van der Waals surface area contributed by atoms with Crippen molar-refractivity contribution in [2.45, 2.75) is 19.0 Å². The molecule has 1 amide bonds. The molecule has 0 aliphatic rings. The second kappa shape index (κ2) is 8.61. The normalized spacial score (nSPS) is 12.4. The quantitative estimate of drug-likeness (QED) is 0.782. The van der Waals surface area contributed by atoms with E-state index in [9.17, 15) is 9.90 Å². The van der Waals surface area contributed by atoms with Crippen LogP contribution < -0.4 is 0 Å². The highest BCUT2D eigenvalue weighted by atomic mass is 16.3. The first-order chi connectivity index (χ1) is 11.5. The SMILES string of the molecule is CN(C)[C@@H](Cc1ccccc1)C(=O)N(CCO)Cc1cncn1C. The molecule has 1 atom stereocenters. The van der Waals surface area contributed by atoms with Crippen molar-refractivity contribution in [2.75, 3.05) is 27.2 Å². The van der Waals surface area contributed by atoms with Gasteiger partial charge in [-0.25, -0.2) is 4.98 Å². The van der Waals surface area contributed by atoms with Crippen molar-refractivity contribution in [3.63, 3.8) is 0 Å². The van der Waals surface area contributed by atoms with E-state index in [4.69, 9.17) is 0 Å². The van der Waals surface area contributed by atoms with Crippen molar-refractivity contribution >= 4 is 5.91 Å². The number of benzene rings is 1. The van der Waals surface area contributed by atoms with Gasteiger partial charge in [0.25, 0.3) is 0 Å². The third kappa shape index (κ3) is 4.66. The van der Waals surface area contributed by atoms with Gasteiger partial charge >= 0.3 is 0 Å². The predicted molar refractivity (Wildman–Crippen MR) is 93.3 cm³/mol. The summed E-state index contributed by atoms with van der Waals surface area (Å²) >= 11 is 0. The molecule has 1 aromatic heterocycles. The van der Waals surface area contributed by atoms with Gasteiger partial charge in [-0.1, -0.05) is 30.3 Å². The number of hydrogen-bond donors (Lipinski definition) is 1. The molecule has 0 fully saturated rings. The lowest BCUT2D eigenvalue weighted by molar-refractivity contribution is -0.137. The number of imidazole rings is 1. The molecular weight excluding hydrogens is 304 g/mol. The van der Waals surface area contributed by atoms with Crippen LogP contribution in [0.5, 0.6) is 0 Å². The van der Waals surface area contributed by atoms with Crippen molar-refractivity contribution < 1.29 is 9.90 Å². The van der Waals surface area contributed by atoms with Gasteiger partial charge in [-0.05, 0) is 26.1 Å². The number of aromatic nitrogens is 2. The van der Waals surface area contributed by atoms with Gasteiger partial charge in [-0.2, -0.15) is 0 Å². The summed E-state index contributed by atoms with van der Waals surface area (Å²) < 4.78 is 1.89. The Hall–Kier alpha value is -2.18. The lowest BCUT2D eigenvalue weighted by Gasteiger charge is -2.30. The molecule has 0 bridgehead atoms. The average molecular weight is 330 g/mol. The molecular formula is C18H26N4O2. The molecule has 1 N–H and O–H groups in total. The second-order valence-electron chi connectivity index (χ2n) is 6.15. The maximum atomic E-state index is 13.1. The number of amides is 1. The number of rotatable bonds is 8. The maximum Gasteiger partial charge on any atom is 0.240 e. The fourth-order valence-corrected chi connectivity index (χ4v) is 2.66. The zero-order chi connectivity index (χ0) is 17.5. The van der Waals surface area contributed by atoms with Gasteiger partial charge in [0.15, 0.2) is 0 Å². The minimum Gasteiger partial charge on any atom is -0.395 e. The molecule has 1 heterocycles. The third-order valence-electron chi connectivity index (χ3n) is 4.13. The Balaban J connectivity index is 2.16. The van der Waals surface area contributed by atoms with E-state index in [-0.39, 0.29) is 18.6 Å². The van der Waals surface area contributed by atoms with Crippen LogP contribution in [0.1, 0.15) is 11.3 Å². The zero-order valence-electron chi connectivity index (χ0n) is 14.6. The van der Waals surface area contributed by atoms with Crippen LogP contribution in [-0.4, -0.2) is 63.7 Å². The minimum atomic E-state index is -0.271. The Morgan fingerprint density at radius 2 is 2.00 bits per heavy atom. The van der Waals surface area contributed by atoms with E-state index in [0.29, 0.717) is 19.5 Å². The number of aliphatic hydroxyl groups excluding tert-OH is 1. The molecule has 24 heavy (non-hydrogen) atoms. The van der Waals surface area contributed by atoms with E-state index in [1.165, 1.54) is 0 Å². The summed E-state index contributed by atoms with van der Waals surface area (Å²) in [6.45, 7) is 0.688. The van der Waals surface area contributed by atoms with E-state index < -0.39 is 0 Å². The second-order valence-corrected chi connectivity index (χ2v) is 6.15. The molecule has 0 saturated carbocycles. The van der Waals surface area contributed by atoms with Crippen molar-refractivity contribution in [1.82, 2.24) is 19.4 Å². The number of nitrogens with zero attached hydrogens (tertiary/aromatic N) is 4. The number of carbonyl (C=O) groups excluding carboxylic acids is 1. The van der Waals surface area contributed by atoms with Crippen LogP contribution in [0.25, 0.3) is 0 Å². The van der Waals surface area contributed by atoms with Crippen LogP contribution in [-0.2, 0) is 24.8 Å². The summed E-state index contributed by atoms with van der Waals surface area (Å²) in [6.07, 6.45) is 4.10. The van der Waals surface area contributed by atoms with Crippen LogP contribution >= 0.6 is 0 Å². The largest absolute Gasteiger partial charge is 0.395 e. The molecule has 2 aromatic rings. The summed E-state index contributed by atoms with van der Waals surface area (Å²) in [5.41, 5.74) is 2.06. The highest BCUT2D eigenvalue weighted by Crippen LogP contribution is 2.12. The smallest absolute Gasteiger partial charge is 0.240 e. The lowest BCUT2D eigenvalue weighted by Crippen LogP contribution is -2.47. The summed E-state index contributed by atoms with van der Waals surface area (Å²) in [5, 5.41) is 9.36. The summed E-state index contributed by atoms with van der Waals surface area (Å²) in [4.78, 5) is 20.8. The first kappa shape index (κ1) is 18.2. The van der Waals surface area contributed by atoms with E-state index in [1.807, 2.05) is 60.9 Å². The molecule has 0 radical (unpaired) electrons. The molecule has 2 rings (SSSR count). The van der Waals surface area contributed by atoms with E-state index in [2.05, 4.69) is 4.98 Å². The monoisotopic (exact) mass is 330 g/mol. The molecule has 0 saturated heterocycles. The van der Waals surface area contributed by atoms with Gasteiger partial charge in [0.05, 0.1) is 31.2 Å². The van der Waals surface area contributed by atoms with Crippen molar-refractivity contribution in [1.29, 1.82) is 0 Å². The van der Waals surface area contributed by atoms with Gasteiger partial charge in [0.2, 0.25) is 5.91 Å². The Labute approximate surface area is 143 Å². The standard InChI is InChI=1S/C18H26N4O2/c1-20(2)17(11-15-7-5-4-6-8-15)18(24)22(9-10-23)13-16-12-19-14-21(16)3/h4-8,12,14,17,23H,9-11,13H2,1-3H3/t17-/m0/s1. The molecule has 1 aromatic carbocycles. The minimum absolute atomic E-state index is 0.0131. The summed E-state index contributed by atoms with van der Waals surface area (Å²) in [5.74, 6) is 0.0131.